The second-order valence-electron chi connectivity index (χ2n) is 6.94. The molecule has 1 saturated carbocycles. The summed E-state index contributed by atoms with van der Waals surface area (Å²) < 4.78 is 5.95. The molecule has 3 rings (SSSR count). The fraction of sp³-hybridized carbons (Fsp3) is 0.500. The van der Waals surface area contributed by atoms with E-state index in [1.54, 1.807) is 25.1 Å². The molecule has 0 radical (unpaired) electrons. The molecule has 1 heterocycles. The minimum Gasteiger partial charge on any atom is -0.484 e. The first-order valence-corrected chi connectivity index (χ1v) is 7.77. The Labute approximate surface area is 135 Å². The van der Waals surface area contributed by atoms with Crippen LogP contribution < -0.4 is 4.74 Å². The highest BCUT2D eigenvalue weighted by Crippen LogP contribution is 2.48. The zero-order valence-corrected chi connectivity index (χ0v) is 13.6. The molecule has 1 aliphatic heterocycles. The van der Waals surface area contributed by atoms with Crippen LogP contribution in [0, 0.1) is 11.3 Å². The van der Waals surface area contributed by atoms with Crippen molar-refractivity contribution in [3.05, 3.63) is 29.3 Å². The molecule has 0 amide bonds. The lowest BCUT2D eigenvalue weighted by Gasteiger charge is -2.48. The first kappa shape index (κ1) is 15.7. The van der Waals surface area contributed by atoms with Gasteiger partial charge in [0.2, 0.25) is 0 Å². The van der Waals surface area contributed by atoms with Crippen LogP contribution in [-0.2, 0) is 4.79 Å². The Balaban J connectivity index is 2.14. The number of fused-ring (bicyclic) bond motifs is 1. The Morgan fingerprint density at radius 2 is 2.09 bits per heavy atom. The number of carbonyl (C=O) groups excluding carboxylic acids is 1. The first-order chi connectivity index (χ1) is 10.7. The molecule has 2 atom stereocenters. The van der Waals surface area contributed by atoms with Gasteiger partial charge in [0.05, 0.1) is 11.6 Å². The van der Waals surface area contributed by atoms with Gasteiger partial charge >= 0.3 is 0 Å². The SMILES string of the molecule is CC1(C)Oc2ccc(C#N)cc2C(N=C2CCC(=O)C2)C1(C)O. The molecule has 1 aliphatic carbocycles. The maximum absolute atomic E-state index is 11.5. The van der Waals surface area contributed by atoms with Crippen molar-refractivity contribution in [1.29, 1.82) is 5.26 Å². The molecule has 1 N–H and O–H groups in total. The zero-order valence-electron chi connectivity index (χ0n) is 13.6. The van der Waals surface area contributed by atoms with Gasteiger partial charge in [-0.25, -0.2) is 0 Å². The molecule has 120 valence electrons. The Hall–Kier alpha value is -2.19. The van der Waals surface area contributed by atoms with Crippen LogP contribution in [0.5, 0.6) is 5.75 Å². The second kappa shape index (κ2) is 5.17. The molecular weight excluding hydrogens is 292 g/mol. The number of rotatable bonds is 1. The van der Waals surface area contributed by atoms with Gasteiger partial charge in [0.25, 0.3) is 0 Å². The lowest BCUT2D eigenvalue weighted by atomic mass is 9.75. The molecular formula is C18H20N2O3. The second-order valence-corrected chi connectivity index (χ2v) is 6.94. The van der Waals surface area contributed by atoms with E-state index in [2.05, 4.69) is 6.07 Å². The van der Waals surface area contributed by atoms with E-state index in [9.17, 15) is 9.90 Å². The topological polar surface area (TPSA) is 82.7 Å². The molecule has 0 aromatic heterocycles. The normalized spacial score (nSPS) is 30.7. The highest BCUT2D eigenvalue weighted by atomic mass is 16.5. The molecule has 1 fully saturated rings. The summed E-state index contributed by atoms with van der Waals surface area (Å²) in [6.07, 6.45) is 1.50. The minimum atomic E-state index is -1.26. The van der Waals surface area contributed by atoms with Gasteiger partial charge in [0.1, 0.15) is 28.8 Å². The van der Waals surface area contributed by atoms with Gasteiger partial charge < -0.3 is 9.84 Å². The summed E-state index contributed by atoms with van der Waals surface area (Å²) in [5.74, 6) is 0.805. The van der Waals surface area contributed by atoms with Gasteiger partial charge in [-0.15, -0.1) is 0 Å². The predicted octanol–water partition coefficient (Wildman–Crippen LogP) is 2.72. The maximum atomic E-state index is 11.5. The van der Waals surface area contributed by atoms with E-state index in [-0.39, 0.29) is 5.78 Å². The molecule has 23 heavy (non-hydrogen) atoms. The Kier molecular flexibility index (Phi) is 3.53. The smallest absolute Gasteiger partial charge is 0.138 e. The van der Waals surface area contributed by atoms with Crippen molar-refractivity contribution < 1.29 is 14.6 Å². The Morgan fingerprint density at radius 1 is 1.35 bits per heavy atom. The summed E-state index contributed by atoms with van der Waals surface area (Å²) in [6.45, 7) is 5.34. The molecule has 5 heteroatoms. The highest BCUT2D eigenvalue weighted by molar-refractivity contribution is 6.08. The van der Waals surface area contributed by atoms with Gasteiger partial charge in [0.15, 0.2) is 0 Å². The average molecular weight is 312 g/mol. The number of hydrogen-bond donors (Lipinski definition) is 1. The number of Topliss-reactive ketones (excluding diaryl/α,β-unsaturated/α-hetero) is 1. The van der Waals surface area contributed by atoms with Gasteiger partial charge in [-0.05, 0) is 45.4 Å². The summed E-state index contributed by atoms with van der Waals surface area (Å²) in [5, 5.41) is 20.2. The van der Waals surface area contributed by atoms with Gasteiger partial charge in [-0.3, -0.25) is 9.79 Å². The van der Waals surface area contributed by atoms with Crippen molar-refractivity contribution in [1.82, 2.24) is 0 Å². The van der Waals surface area contributed by atoms with Crippen LogP contribution in [0.4, 0.5) is 0 Å². The van der Waals surface area contributed by atoms with Crippen LogP contribution in [0.15, 0.2) is 23.2 Å². The molecule has 0 spiro atoms. The summed E-state index contributed by atoms with van der Waals surface area (Å²) in [5.41, 5.74) is -0.0971. The first-order valence-electron chi connectivity index (χ1n) is 7.77. The fourth-order valence-corrected chi connectivity index (χ4v) is 3.11. The highest BCUT2D eigenvalue weighted by Gasteiger charge is 2.53. The van der Waals surface area contributed by atoms with Crippen molar-refractivity contribution in [2.75, 3.05) is 0 Å². The van der Waals surface area contributed by atoms with E-state index in [0.717, 1.165) is 5.71 Å². The van der Waals surface area contributed by atoms with Crippen molar-refractivity contribution in [3.63, 3.8) is 0 Å². The van der Waals surface area contributed by atoms with Crippen LogP contribution >= 0.6 is 0 Å². The summed E-state index contributed by atoms with van der Waals surface area (Å²) in [4.78, 5) is 16.2. The van der Waals surface area contributed by atoms with Crippen LogP contribution in [0.2, 0.25) is 0 Å². The third kappa shape index (κ3) is 2.53. The number of ether oxygens (including phenoxy) is 1. The van der Waals surface area contributed by atoms with Gasteiger partial charge in [-0.2, -0.15) is 5.26 Å². The summed E-state index contributed by atoms with van der Waals surface area (Å²) in [6, 6.07) is 6.70. The molecule has 2 aliphatic rings. The van der Waals surface area contributed by atoms with E-state index in [1.165, 1.54) is 0 Å². The number of carbonyl (C=O) groups is 1. The average Bonchev–Trinajstić information content (AvgIpc) is 2.89. The lowest BCUT2D eigenvalue weighted by molar-refractivity contribution is -0.131. The number of nitriles is 1. The van der Waals surface area contributed by atoms with Crippen molar-refractivity contribution in [3.8, 4) is 11.8 Å². The maximum Gasteiger partial charge on any atom is 0.138 e. The standard InChI is InChI=1S/C18H20N2O3/c1-17(2)18(3,22)16(20-12-5-6-13(21)9-12)14-8-11(10-19)4-7-15(14)23-17/h4,7-8,16,22H,5-6,9H2,1-3H3. The van der Waals surface area contributed by atoms with Crippen molar-refractivity contribution in [2.45, 2.75) is 57.3 Å². The number of benzene rings is 1. The fourth-order valence-electron chi connectivity index (χ4n) is 3.11. The summed E-state index contributed by atoms with van der Waals surface area (Å²) in [7, 11) is 0. The van der Waals surface area contributed by atoms with E-state index >= 15 is 0 Å². The molecule has 2 unspecified atom stereocenters. The number of ketones is 1. The largest absolute Gasteiger partial charge is 0.484 e. The van der Waals surface area contributed by atoms with E-state index in [0.29, 0.717) is 36.1 Å². The Bertz CT molecular complexity index is 741. The number of hydrogen-bond acceptors (Lipinski definition) is 5. The molecule has 0 bridgehead atoms. The Morgan fingerprint density at radius 3 is 2.70 bits per heavy atom. The number of nitrogens with zero attached hydrogens (tertiary/aromatic N) is 2. The third-order valence-electron chi connectivity index (χ3n) is 4.96. The zero-order chi connectivity index (χ0) is 16.8. The number of aliphatic imine (C=N–C) groups is 1. The van der Waals surface area contributed by atoms with Crippen molar-refractivity contribution >= 4 is 11.5 Å². The minimum absolute atomic E-state index is 0.181. The van der Waals surface area contributed by atoms with E-state index in [1.807, 2.05) is 13.8 Å². The van der Waals surface area contributed by atoms with Gasteiger partial charge in [-0.1, -0.05) is 0 Å². The van der Waals surface area contributed by atoms with E-state index in [4.69, 9.17) is 15.0 Å². The predicted molar refractivity (Wildman–Crippen MR) is 85.5 cm³/mol. The van der Waals surface area contributed by atoms with E-state index < -0.39 is 17.2 Å². The molecule has 0 saturated heterocycles. The monoisotopic (exact) mass is 312 g/mol. The quantitative estimate of drug-likeness (QED) is 0.864. The molecule has 1 aromatic rings. The van der Waals surface area contributed by atoms with Gasteiger partial charge in [0, 0.05) is 24.1 Å². The third-order valence-corrected chi connectivity index (χ3v) is 4.96. The van der Waals surface area contributed by atoms with Crippen LogP contribution in [0.25, 0.3) is 0 Å². The van der Waals surface area contributed by atoms with Crippen LogP contribution in [0.3, 0.4) is 0 Å². The van der Waals surface area contributed by atoms with Crippen molar-refractivity contribution in [2.24, 2.45) is 4.99 Å². The number of aliphatic hydroxyl groups is 1. The summed E-state index contributed by atoms with van der Waals surface area (Å²) >= 11 is 0. The molecule has 1 aromatic carbocycles. The van der Waals surface area contributed by atoms with Crippen LogP contribution in [0.1, 0.15) is 57.2 Å². The lowest BCUT2D eigenvalue weighted by Crippen LogP contribution is -2.57. The van der Waals surface area contributed by atoms with Crippen LogP contribution in [-0.4, -0.2) is 27.8 Å². The molecule has 5 nitrogen and oxygen atoms in total.